The summed E-state index contributed by atoms with van der Waals surface area (Å²) in [5.74, 6) is 0.547. The molecule has 1 saturated heterocycles. The second-order valence-corrected chi connectivity index (χ2v) is 7.77. The first-order chi connectivity index (χ1) is 8.91. The van der Waals surface area contributed by atoms with Gasteiger partial charge < -0.3 is 4.90 Å². The lowest BCUT2D eigenvalue weighted by molar-refractivity contribution is 0.260. The normalized spacial score (nSPS) is 23.2. The standard InChI is InChI=1S/C13H25N3O2S/c1-3-6-15-13(2,12-14)5-8-16-7-4-10-19(17,18)11-9-16/h15H,3-11H2,1-2H3. The minimum Gasteiger partial charge on any atom is -0.302 e. The summed E-state index contributed by atoms with van der Waals surface area (Å²) in [6, 6.07) is 2.33. The number of hydrogen-bond donors (Lipinski definition) is 1. The van der Waals surface area contributed by atoms with Crippen LogP contribution in [0, 0.1) is 11.3 Å². The van der Waals surface area contributed by atoms with E-state index in [9.17, 15) is 13.7 Å². The molecule has 0 aromatic rings. The van der Waals surface area contributed by atoms with Gasteiger partial charge in [0, 0.05) is 13.1 Å². The van der Waals surface area contributed by atoms with E-state index in [1.807, 2.05) is 6.92 Å². The lowest BCUT2D eigenvalue weighted by atomic mass is 9.99. The number of nitrogens with one attached hydrogen (secondary N) is 1. The third-order valence-electron chi connectivity index (χ3n) is 3.59. The van der Waals surface area contributed by atoms with Crippen LogP contribution in [-0.2, 0) is 9.84 Å². The summed E-state index contributed by atoms with van der Waals surface area (Å²) in [5, 5.41) is 12.5. The van der Waals surface area contributed by atoms with E-state index in [0.717, 1.165) is 32.5 Å². The van der Waals surface area contributed by atoms with Gasteiger partial charge in [-0.15, -0.1) is 0 Å². The molecule has 1 N–H and O–H groups in total. The molecule has 110 valence electrons. The molecule has 0 bridgehead atoms. The van der Waals surface area contributed by atoms with Crippen LogP contribution in [0.3, 0.4) is 0 Å². The third kappa shape index (κ3) is 5.89. The maximum atomic E-state index is 11.5. The summed E-state index contributed by atoms with van der Waals surface area (Å²) in [6.45, 7) is 7.00. The molecule has 0 amide bonds. The van der Waals surface area contributed by atoms with E-state index in [1.54, 1.807) is 0 Å². The van der Waals surface area contributed by atoms with Crippen molar-refractivity contribution in [1.29, 1.82) is 5.26 Å². The Labute approximate surface area is 116 Å². The van der Waals surface area contributed by atoms with Crippen LogP contribution in [-0.4, -0.2) is 56.5 Å². The molecule has 1 rings (SSSR count). The van der Waals surface area contributed by atoms with Crippen LogP contribution in [0.25, 0.3) is 0 Å². The Hall–Kier alpha value is -0.640. The summed E-state index contributed by atoms with van der Waals surface area (Å²) < 4.78 is 23.0. The van der Waals surface area contributed by atoms with Crippen molar-refractivity contribution in [2.24, 2.45) is 0 Å². The molecule has 6 heteroatoms. The van der Waals surface area contributed by atoms with Crippen molar-refractivity contribution in [2.75, 3.05) is 37.7 Å². The average Bonchev–Trinajstić information content (AvgIpc) is 2.55. The first kappa shape index (κ1) is 16.4. The fourth-order valence-electron chi connectivity index (χ4n) is 2.18. The SMILES string of the molecule is CCCNC(C)(C#N)CCN1CCCS(=O)(=O)CC1. The molecule has 0 aromatic carbocycles. The van der Waals surface area contributed by atoms with Crippen molar-refractivity contribution in [1.82, 2.24) is 10.2 Å². The van der Waals surface area contributed by atoms with E-state index in [-0.39, 0.29) is 5.75 Å². The molecule has 1 unspecified atom stereocenters. The van der Waals surface area contributed by atoms with Crippen molar-refractivity contribution < 1.29 is 8.42 Å². The lowest BCUT2D eigenvalue weighted by Gasteiger charge is -2.27. The molecule has 0 aromatic heterocycles. The minimum atomic E-state index is -2.85. The fraction of sp³-hybridized carbons (Fsp3) is 0.923. The maximum Gasteiger partial charge on any atom is 0.151 e. The van der Waals surface area contributed by atoms with Crippen molar-refractivity contribution in [2.45, 2.75) is 38.6 Å². The summed E-state index contributed by atoms with van der Waals surface area (Å²) >= 11 is 0. The average molecular weight is 287 g/mol. The molecule has 5 nitrogen and oxygen atoms in total. The Morgan fingerprint density at radius 1 is 1.37 bits per heavy atom. The minimum absolute atomic E-state index is 0.249. The molecule has 0 saturated carbocycles. The van der Waals surface area contributed by atoms with Crippen LogP contribution < -0.4 is 5.32 Å². The topological polar surface area (TPSA) is 73.2 Å². The highest BCUT2D eigenvalue weighted by Gasteiger charge is 2.25. The van der Waals surface area contributed by atoms with Crippen molar-refractivity contribution in [3.05, 3.63) is 0 Å². The highest BCUT2D eigenvalue weighted by atomic mass is 32.2. The number of rotatable bonds is 6. The fourth-order valence-corrected chi connectivity index (χ4v) is 3.49. The Kier molecular flexibility index (Phi) is 6.24. The van der Waals surface area contributed by atoms with Crippen molar-refractivity contribution >= 4 is 9.84 Å². The zero-order valence-electron chi connectivity index (χ0n) is 12.0. The monoisotopic (exact) mass is 287 g/mol. The molecule has 1 aliphatic heterocycles. The van der Waals surface area contributed by atoms with Gasteiger partial charge in [-0.05, 0) is 39.3 Å². The maximum absolute atomic E-state index is 11.5. The Bertz CT molecular complexity index is 416. The molecule has 0 spiro atoms. The number of nitrogens with zero attached hydrogens (tertiary/aromatic N) is 2. The lowest BCUT2D eigenvalue weighted by Crippen LogP contribution is -2.44. The largest absolute Gasteiger partial charge is 0.302 e. The van der Waals surface area contributed by atoms with E-state index in [1.165, 1.54) is 0 Å². The Morgan fingerprint density at radius 2 is 2.11 bits per heavy atom. The van der Waals surface area contributed by atoms with Crippen LogP contribution in [0.4, 0.5) is 0 Å². The van der Waals surface area contributed by atoms with Crippen LogP contribution in [0.15, 0.2) is 0 Å². The van der Waals surface area contributed by atoms with Gasteiger partial charge in [-0.25, -0.2) is 8.42 Å². The van der Waals surface area contributed by atoms with Crippen molar-refractivity contribution in [3.8, 4) is 6.07 Å². The predicted octanol–water partition coefficient (Wildman–Crippen LogP) is 0.779. The zero-order chi connectivity index (χ0) is 14.4. The first-order valence-corrected chi connectivity index (χ1v) is 8.82. The van der Waals surface area contributed by atoms with Crippen LogP contribution in [0.1, 0.15) is 33.1 Å². The van der Waals surface area contributed by atoms with Crippen LogP contribution in [0.5, 0.6) is 0 Å². The summed E-state index contributed by atoms with van der Waals surface area (Å²) in [6.07, 6.45) is 2.43. The van der Waals surface area contributed by atoms with Crippen LogP contribution >= 0.6 is 0 Å². The first-order valence-electron chi connectivity index (χ1n) is 7.00. The third-order valence-corrected chi connectivity index (χ3v) is 5.30. The zero-order valence-corrected chi connectivity index (χ0v) is 12.8. The van der Waals surface area contributed by atoms with E-state index in [2.05, 4.69) is 23.2 Å². The van der Waals surface area contributed by atoms with Gasteiger partial charge in [-0.1, -0.05) is 6.92 Å². The van der Waals surface area contributed by atoms with E-state index in [0.29, 0.717) is 18.7 Å². The highest BCUT2D eigenvalue weighted by Crippen LogP contribution is 2.12. The van der Waals surface area contributed by atoms with E-state index >= 15 is 0 Å². The molecule has 0 aliphatic carbocycles. The Balaban J connectivity index is 2.45. The van der Waals surface area contributed by atoms with Gasteiger partial charge in [-0.2, -0.15) is 5.26 Å². The molecular weight excluding hydrogens is 262 g/mol. The second kappa shape index (κ2) is 7.22. The highest BCUT2D eigenvalue weighted by molar-refractivity contribution is 7.91. The predicted molar refractivity (Wildman–Crippen MR) is 76.6 cm³/mol. The van der Waals surface area contributed by atoms with Gasteiger partial charge in [0.2, 0.25) is 0 Å². The van der Waals surface area contributed by atoms with E-state index in [4.69, 9.17) is 0 Å². The summed E-state index contributed by atoms with van der Waals surface area (Å²) in [5.41, 5.74) is -0.513. The molecule has 1 atom stereocenters. The number of nitriles is 1. The molecule has 1 heterocycles. The van der Waals surface area contributed by atoms with Gasteiger partial charge in [0.1, 0.15) is 5.54 Å². The number of sulfone groups is 1. The van der Waals surface area contributed by atoms with Crippen molar-refractivity contribution in [3.63, 3.8) is 0 Å². The van der Waals surface area contributed by atoms with Gasteiger partial charge in [-0.3, -0.25) is 5.32 Å². The van der Waals surface area contributed by atoms with E-state index < -0.39 is 15.4 Å². The molecular formula is C13H25N3O2S. The summed E-state index contributed by atoms with van der Waals surface area (Å²) in [4.78, 5) is 2.16. The van der Waals surface area contributed by atoms with Gasteiger partial charge >= 0.3 is 0 Å². The van der Waals surface area contributed by atoms with Gasteiger partial charge in [0.25, 0.3) is 0 Å². The molecule has 1 fully saturated rings. The smallest absolute Gasteiger partial charge is 0.151 e. The Morgan fingerprint density at radius 3 is 2.74 bits per heavy atom. The molecule has 19 heavy (non-hydrogen) atoms. The quantitative estimate of drug-likeness (QED) is 0.781. The second-order valence-electron chi connectivity index (χ2n) is 5.47. The molecule has 0 radical (unpaired) electrons. The molecule has 1 aliphatic rings. The van der Waals surface area contributed by atoms with Crippen LogP contribution in [0.2, 0.25) is 0 Å². The van der Waals surface area contributed by atoms with Gasteiger partial charge in [0.15, 0.2) is 9.84 Å². The van der Waals surface area contributed by atoms with Gasteiger partial charge in [0.05, 0.1) is 17.6 Å². The summed E-state index contributed by atoms with van der Waals surface area (Å²) in [7, 11) is -2.85. The number of hydrogen-bond acceptors (Lipinski definition) is 5.